The lowest BCUT2D eigenvalue weighted by Crippen LogP contribution is -2.49. The van der Waals surface area contributed by atoms with Crippen molar-refractivity contribution in [2.45, 2.75) is 25.7 Å². The van der Waals surface area contributed by atoms with Crippen molar-refractivity contribution in [3.63, 3.8) is 0 Å². The van der Waals surface area contributed by atoms with Crippen molar-refractivity contribution in [3.05, 3.63) is 59.3 Å². The monoisotopic (exact) mass is 447 g/mol. The van der Waals surface area contributed by atoms with Crippen molar-refractivity contribution >= 4 is 28.5 Å². The molecule has 0 atom stereocenters. The maximum atomic E-state index is 12.6. The van der Waals surface area contributed by atoms with Gasteiger partial charge in [0, 0.05) is 48.5 Å². The van der Waals surface area contributed by atoms with Crippen LogP contribution in [0.3, 0.4) is 0 Å². The van der Waals surface area contributed by atoms with Crippen LogP contribution in [0.15, 0.2) is 42.5 Å². The standard InChI is InChI=1S/C26H29N3O4/c1-32-20-9-7-19(8-10-20)28-12-14-29(15-13-28)25(30)17-33-26(31)18-6-11-24-22(16-18)21-4-2-3-5-23(21)27-24/h6-11,16,27H,2-5,12-15,17H2,1H3. The van der Waals surface area contributed by atoms with Gasteiger partial charge in [-0.05, 0) is 73.7 Å². The highest BCUT2D eigenvalue weighted by Crippen LogP contribution is 2.30. The van der Waals surface area contributed by atoms with Crippen LogP contribution >= 0.6 is 0 Å². The molecule has 1 amide bonds. The summed E-state index contributed by atoms with van der Waals surface area (Å²) >= 11 is 0. The maximum absolute atomic E-state index is 12.6. The third kappa shape index (κ3) is 4.40. The van der Waals surface area contributed by atoms with E-state index in [0.717, 1.165) is 48.3 Å². The number of aromatic nitrogens is 1. The van der Waals surface area contributed by atoms with Crippen LogP contribution in [0.2, 0.25) is 0 Å². The first-order chi connectivity index (χ1) is 16.1. The topological polar surface area (TPSA) is 74.9 Å². The van der Waals surface area contributed by atoms with Crippen LogP contribution in [-0.2, 0) is 22.4 Å². The van der Waals surface area contributed by atoms with Crippen LogP contribution in [-0.4, -0.2) is 61.7 Å². The molecule has 1 saturated heterocycles. The van der Waals surface area contributed by atoms with Gasteiger partial charge in [-0.3, -0.25) is 4.79 Å². The number of fused-ring (bicyclic) bond motifs is 3. The SMILES string of the molecule is COc1ccc(N2CCN(C(=O)COC(=O)c3ccc4[nH]c5c(c4c3)CCCC5)CC2)cc1. The van der Waals surface area contributed by atoms with Crippen molar-refractivity contribution in [1.82, 2.24) is 9.88 Å². The predicted molar refractivity (Wildman–Crippen MR) is 127 cm³/mol. The van der Waals surface area contributed by atoms with E-state index in [9.17, 15) is 9.59 Å². The smallest absolute Gasteiger partial charge is 0.338 e. The highest BCUT2D eigenvalue weighted by atomic mass is 16.5. The van der Waals surface area contributed by atoms with Gasteiger partial charge >= 0.3 is 5.97 Å². The Morgan fingerprint density at radius 2 is 1.73 bits per heavy atom. The summed E-state index contributed by atoms with van der Waals surface area (Å²) in [6.45, 7) is 2.45. The summed E-state index contributed by atoms with van der Waals surface area (Å²) in [7, 11) is 1.65. The molecule has 0 radical (unpaired) electrons. The van der Waals surface area contributed by atoms with Gasteiger partial charge in [-0.15, -0.1) is 0 Å². The summed E-state index contributed by atoms with van der Waals surface area (Å²) in [6.07, 6.45) is 4.47. The number of esters is 1. The number of anilines is 1. The number of rotatable bonds is 5. The summed E-state index contributed by atoms with van der Waals surface area (Å²) in [5, 5.41) is 1.10. The lowest BCUT2D eigenvalue weighted by atomic mass is 9.95. The molecule has 7 nitrogen and oxygen atoms in total. The Morgan fingerprint density at radius 3 is 2.48 bits per heavy atom. The van der Waals surface area contributed by atoms with Gasteiger partial charge in [-0.25, -0.2) is 4.79 Å². The van der Waals surface area contributed by atoms with Crippen molar-refractivity contribution in [1.29, 1.82) is 0 Å². The molecular weight excluding hydrogens is 418 g/mol. The number of benzene rings is 2. The Kier molecular flexibility index (Phi) is 5.94. The molecule has 0 bridgehead atoms. The van der Waals surface area contributed by atoms with Crippen molar-refractivity contribution in [2.75, 3.05) is 44.8 Å². The van der Waals surface area contributed by atoms with E-state index in [-0.39, 0.29) is 12.5 Å². The van der Waals surface area contributed by atoms with Crippen LogP contribution in [0.5, 0.6) is 5.75 Å². The van der Waals surface area contributed by atoms with E-state index in [1.54, 1.807) is 18.1 Å². The average molecular weight is 448 g/mol. The number of methoxy groups -OCH3 is 1. The highest BCUT2D eigenvalue weighted by molar-refractivity contribution is 5.97. The van der Waals surface area contributed by atoms with Crippen molar-refractivity contribution in [2.24, 2.45) is 0 Å². The zero-order valence-electron chi connectivity index (χ0n) is 18.9. The second-order valence-electron chi connectivity index (χ2n) is 8.69. The van der Waals surface area contributed by atoms with E-state index in [1.165, 1.54) is 24.1 Å². The molecule has 0 unspecified atom stereocenters. The molecule has 2 heterocycles. The second-order valence-corrected chi connectivity index (χ2v) is 8.69. The molecule has 1 aliphatic heterocycles. The number of aryl methyl sites for hydroxylation is 2. The molecule has 7 heteroatoms. The number of aromatic amines is 1. The lowest BCUT2D eigenvalue weighted by Gasteiger charge is -2.36. The molecule has 0 spiro atoms. The third-order valence-electron chi connectivity index (χ3n) is 6.73. The van der Waals surface area contributed by atoms with E-state index in [1.807, 2.05) is 36.4 Å². The number of hydrogen-bond donors (Lipinski definition) is 1. The Labute approximate surface area is 193 Å². The number of carbonyl (C=O) groups is 2. The predicted octanol–water partition coefficient (Wildman–Crippen LogP) is 3.56. The first kappa shape index (κ1) is 21.4. The summed E-state index contributed by atoms with van der Waals surface area (Å²) in [4.78, 5) is 32.7. The quantitative estimate of drug-likeness (QED) is 0.606. The Morgan fingerprint density at radius 1 is 0.970 bits per heavy atom. The Hall–Kier alpha value is -3.48. The van der Waals surface area contributed by atoms with Gasteiger partial charge in [-0.2, -0.15) is 0 Å². The van der Waals surface area contributed by atoms with E-state index < -0.39 is 5.97 Å². The van der Waals surface area contributed by atoms with Gasteiger partial charge in [0.15, 0.2) is 6.61 Å². The summed E-state index contributed by atoms with van der Waals surface area (Å²) < 4.78 is 10.6. The number of carbonyl (C=O) groups excluding carboxylic acids is 2. The van der Waals surface area contributed by atoms with Crippen LogP contribution in [0, 0.1) is 0 Å². The first-order valence-electron chi connectivity index (χ1n) is 11.6. The molecule has 5 rings (SSSR count). The summed E-state index contributed by atoms with van der Waals surface area (Å²) in [5.41, 5.74) is 5.26. The Balaban J connectivity index is 1.15. The van der Waals surface area contributed by atoms with Gasteiger partial charge in [-0.1, -0.05) is 0 Å². The molecule has 33 heavy (non-hydrogen) atoms. The third-order valence-corrected chi connectivity index (χ3v) is 6.73. The van der Waals surface area contributed by atoms with Gasteiger partial charge in [0.05, 0.1) is 12.7 Å². The van der Waals surface area contributed by atoms with E-state index in [4.69, 9.17) is 9.47 Å². The molecule has 0 saturated carbocycles. The minimum absolute atomic E-state index is 0.155. The molecule has 3 aromatic rings. The van der Waals surface area contributed by atoms with Gasteiger partial charge in [0.1, 0.15) is 5.75 Å². The number of piperazine rings is 1. The first-order valence-corrected chi connectivity index (χ1v) is 11.6. The van der Waals surface area contributed by atoms with Gasteiger partial charge < -0.3 is 24.3 Å². The molecular formula is C26H29N3O4. The van der Waals surface area contributed by atoms with Crippen molar-refractivity contribution in [3.8, 4) is 5.75 Å². The molecule has 1 aromatic heterocycles. The fraction of sp³-hybridized carbons (Fsp3) is 0.385. The fourth-order valence-electron chi connectivity index (χ4n) is 4.84. The van der Waals surface area contributed by atoms with Crippen LogP contribution < -0.4 is 9.64 Å². The van der Waals surface area contributed by atoms with E-state index in [0.29, 0.717) is 18.7 Å². The van der Waals surface area contributed by atoms with E-state index >= 15 is 0 Å². The van der Waals surface area contributed by atoms with Gasteiger partial charge in [0.2, 0.25) is 0 Å². The van der Waals surface area contributed by atoms with Crippen LogP contribution in [0.25, 0.3) is 10.9 Å². The minimum atomic E-state index is -0.451. The largest absolute Gasteiger partial charge is 0.497 e. The number of nitrogens with one attached hydrogen (secondary N) is 1. The van der Waals surface area contributed by atoms with Crippen LogP contribution in [0.1, 0.15) is 34.5 Å². The number of H-pyrrole nitrogens is 1. The molecule has 172 valence electrons. The molecule has 1 fully saturated rings. The summed E-state index contributed by atoms with van der Waals surface area (Å²) in [5.74, 6) is 0.218. The maximum Gasteiger partial charge on any atom is 0.338 e. The fourth-order valence-corrected chi connectivity index (χ4v) is 4.84. The number of ether oxygens (including phenoxy) is 2. The van der Waals surface area contributed by atoms with Gasteiger partial charge in [0.25, 0.3) is 5.91 Å². The summed E-state index contributed by atoms with van der Waals surface area (Å²) in [6, 6.07) is 13.5. The highest BCUT2D eigenvalue weighted by Gasteiger charge is 2.23. The van der Waals surface area contributed by atoms with E-state index in [2.05, 4.69) is 9.88 Å². The Bertz CT molecular complexity index is 1160. The number of nitrogens with zero attached hydrogens (tertiary/aromatic N) is 2. The van der Waals surface area contributed by atoms with Crippen LogP contribution in [0.4, 0.5) is 5.69 Å². The van der Waals surface area contributed by atoms with Crippen molar-refractivity contribution < 1.29 is 19.1 Å². The molecule has 1 N–H and O–H groups in total. The lowest BCUT2D eigenvalue weighted by molar-refractivity contribution is -0.134. The second kappa shape index (κ2) is 9.17. The zero-order valence-corrected chi connectivity index (χ0v) is 18.9. The number of hydrogen-bond acceptors (Lipinski definition) is 5. The minimum Gasteiger partial charge on any atom is -0.497 e. The average Bonchev–Trinajstić information content (AvgIpc) is 3.25. The number of amides is 1. The zero-order chi connectivity index (χ0) is 22.8. The molecule has 2 aromatic carbocycles. The molecule has 1 aliphatic carbocycles. The molecule has 2 aliphatic rings. The normalized spacial score (nSPS) is 15.9.